The summed E-state index contributed by atoms with van der Waals surface area (Å²) in [6.07, 6.45) is -2.08. The number of hydrazine groups is 1. The molecule has 1 aliphatic rings. The van der Waals surface area contributed by atoms with Crippen LogP contribution in [0.25, 0.3) is 0 Å². The number of amides is 1. The number of aryl methyl sites for hydroxylation is 1. The molecule has 0 fully saturated rings. The van der Waals surface area contributed by atoms with E-state index in [1.54, 1.807) is 0 Å². The van der Waals surface area contributed by atoms with Crippen LogP contribution in [-0.4, -0.2) is 33.1 Å². The highest BCUT2D eigenvalue weighted by Gasteiger charge is 2.35. The lowest BCUT2D eigenvalue weighted by Gasteiger charge is -2.29. The van der Waals surface area contributed by atoms with Gasteiger partial charge in [0.2, 0.25) is 12.1 Å². The molecule has 0 aliphatic carbocycles. The molecule has 7 nitrogen and oxygen atoms in total. The van der Waals surface area contributed by atoms with Gasteiger partial charge in [-0.3, -0.25) is 15.2 Å². The van der Waals surface area contributed by atoms with Crippen molar-refractivity contribution in [3.63, 3.8) is 0 Å². The van der Waals surface area contributed by atoms with Crippen molar-refractivity contribution in [3.05, 3.63) is 59.6 Å². The Morgan fingerprint density at radius 2 is 2.00 bits per heavy atom. The molecule has 1 atom stereocenters. The predicted octanol–water partition coefficient (Wildman–Crippen LogP) is 2.62. The van der Waals surface area contributed by atoms with Gasteiger partial charge in [-0.1, -0.05) is 0 Å². The molecule has 1 aromatic carbocycles. The van der Waals surface area contributed by atoms with Gasteiger partial charge in [-0.25, -0.2) is 18.5 Å². The highest BCUT2D eigenvalue weighted by molar-refractivity contribution is 5.94. The second-order valence-electron chi connectivity index (χ2n) is 5.57. The Kier molecular flexibility index (Phi) is 5.03. The van der Waals surface area contributed by atoms with E-state index in [0.717, 1.165) is 21.8 Å². The molecule has 1 unspecified atom stereocenters. The van der Waals surface area contributed by atoms with Gasteiger partial charge in [-0.2, -0.15) is 18.3 Å². The van der Waals surface area contributed by atoms with Gasteiger partial charge in [0.15, 0.2) is 5.69 Å². The quantitative estimate of drug-likeness (QED) is 0.800. The summed E-state index contributed by atoms with van der Waals surface area (Å²) >= 11 is 0. The topological polar surface area (TPSA) is 71.8 Å². The minimum Gasteiger partial charge on any atom is -0.447 e. The van der Waals surface area contributed by atoms with Crippen molar-refractivity contribution in [1.82, 2.24) is 20.2 Å². The highest BCUT2D eigenvalue weighted by Crippen LogP contribution is 2.30. The second kappa shape index (κ2) is 7.29. The van der Waals surface area contributed by atoms with Crippen LogP contribution in [0, 0.1) is 11.6 Å². The van der Waals surface area contributed by atoms with E-state index in [-0.39, 0.29) is 5.88 Å². The molecule has 0 bridgehead atoms. The lowest BCUT2D eigenvalue weighted by molar-refractivity contribution is -0.141. The normalized spacial score (nSPS) is 16.4. The molecule has 1 N–H and O–H groups in total. The molecule has 0 saturated heterocycles. The van der Waals surface area contributed by atoms with E-state index in [1.165, 1.54) is 25.7 Å². The van der Waals surface area contributed by atoms with E-state index in [0.29, 0.717) is 12.1 Å². The monoisotopic (exact) mass is 401 g/mol. The Bertz CT molecular complexity index is 953. The van der Waals surface area contributed by atoms with E-state index < -0.39 is 41.2 Å². The maximum atomic E-state index is 13.8. The number of benzene rings is 1. The van der Waals surface area contributed by atoms with Crippen LogP contribution in [0.4, 0.5) is 22.0 Å². The van der Waals surface area contributed by atoms with Crippen molar-refractivity contribution in [3.8, 4) is 5.88 Å². The van der Waals surface area contributed by atoms with Crippen LogP contribution >= 0.6 is 0 Å². The van der Waals surface area contributed by atoms with Crippen LogP contribution in [-0.2, 0) is 13.2 Å². The molecular formula is C16H12F5N5O2. The van der Waals surface area contributed by atoms with Gasteiger partial charge < -0.3 is 4.74 Å². The van der Waals surface area contributed by atoms with Crippen LogP contribution in [0.3, 0.4) is 0 Å². The molecule has 0 spiro atoms. The van der Waals surface area contributed by atoms with E-state index >= 15 is 0 Å². The number of hydrogen-bond donors (Lipinski definition) is 1. The number of ether oxygens (including phenoxy) is 1. The van der Waals surface area contributed by atoms with Gasteiger partial charge in [-0.05, 0) is 12.1 Å². The van der Waals surface area contributed by atoms with E-state index in [1.807, 2.05) is 0 Å². The Hall–Kier alpha value is -3.44. The largest absolute Gasteiger partial charge is 0.447 e. The fourth-order valence-corrected chi connectivity index (χ4v) is 2.25. The van der Waals surface area contributed by atoms with Gasteiger partial charge in [0.1, 0.15) is 11.6 Å². The number of nitrogens with one attached hydrogen (secondary N) is 1. The number of aromatic nitrogens is 2. The first-order chi connectivity index (χ1) is 13.1. The smallest absolute Gasteiger partial charge is 0.435 e. The molecule has 12 heteroatoms. The zero-order chi connectivity index (χ0) is 20.5. The second-order valence-corrected chi connectivity index (χ2v) is 5.57. The maximum Gasteiger partial charge on any atom is 0.435 e. The molecule has 28 heavy (non-hydrogen) atoms. The first-order valence-corrected chi connectivity index (χ1v) is 7.67. The third-order valence-corrected chi connectivity index (χ3v) is 3.58. The lowest BCUT2D eigenvalue weighted by atomic mass is 10.2. The predicted molar refractivity (Wildman–Crippen MR) is 85.9 cm³/mol. The Balaban J connectivity index is 1.76. The van der Waals surface area contributed by atoms with Gasteiger partial charge in [0.05, 0.1) is 11.8 Å². The molecule has 1 amide bonds. The number of aliphatic imine (C=N–C) groups is 1. The molecule has 3 rings (SSSR count). The summed E-state index contributed by atoms with van der Waals surface area (Å²) in [5.41, 5.74) is 0.710. The number of rotatable bonds is 4. The van der Waals surface area contributed by atoms with Crippen molar-refractivity contribution in [2.45, 2.75) is 12.4 Å². The number of alkyl halides is 3. The standard InChI is InChI=1S/C16H12F5N5O2/c1-25-13(7-12(23-25)16(19,20)21)28-14-8-22-4-5-26(14)24-15(27)10-3-2-9(17)6-11(10)18/h2-8,14H,1H3,(H,24,27). The molecule has 0 radical (unpaired) electrons. The summed E-state index contributed by atoms with van der Waals surface area (Å²) in [5, 5.41) is 4.37. The van der Waals surface area contributed by atoms with Gasteiger partial charge >= 0.3 is 6.18 Å². The fourth-order valence-electron chi connectivity index (χ4n) is 2.25. The number of carbonyl (C=O) groups excluding carboxylic acids is 1. The Morgan fingerprint density at radius 3 is 2.64 bits per heavy atom. The first-order valence-electron chi connectivity index (χ1n) is 7.67. The summed E-state index contributed by atoms with van der Waals surface area (Å²) < 4.78 is 71.3. The zero-order valence-corrected chi connectivity index (χ0v) is 14.1. The minimum absolute atomic E-state index is 0.244. The Labute approximate surface area is 154 Å². The van der Waals surface area contributed by atoms with Crippen LogP contribution in [0.5, 0.6) is 5.88 Å². The number of carbonyl (C=O) groups is 1. The van der Waals surface area contributed by atoms with Crippen molar-refractivity contribution >= 4 is 12.1 Å². The van der Waals surface area contributed by atoms with E-state index in [9.17, 15) is 26.7 Å². The summed E-state index contributed by atoms with van der Waals surface area (Å²) in [6, 6.07) is 3.10. The van der Waals surface area contributed by atoms with Gasteiger partial charge in [0, 0.05) is 31.6 Å². The molecule has 1 aromatic heterocycles. The minimum atomic E-state index is -4.66. The van der Waals surface area contributed by atoms with Crippen LogP contribution in [0.1, 0.15) is 16.1 Å². The summed E-state index contributed by atoms with van der Waals surface area (Å²) in [7, 11) is 1.25. The Morgan fingerprint density at radius 1 is 1.25 bits per heavy atom. The summed E-state index contributed by atoms with van der Waals surface area (Å²) in [4.78, 5) is 16.0. The lowest BCUT2D eigenvalue weighted by Crippen LogP contribution is -2.49. The average Bonchev–Trinajstić information content (AvgIpc) is 2.97. The van der Waals surface area contributed by atoms with Crippen LogP contribution in [0.2, 0.25) is 0 Å². The molecule has 1 aliphatic heterocycles. The molecule has 148 valence electrons. The molecule has 2 aromatic rings. The number of hydrogen-bond acceptors (Lipinski definition) is 5. The molecule has 0 saturated carbocycles. The van der Waals surface area contributed by atoms with Crippen molar-refractivity contribution in [1.29, 1.82) is 0 Å². The first kappa shape index (κ1) is 19.3. The molecule has 2 heterocycles. The third kappa shape index (κ3) is 4.10. The van der Waals surface area contributed by atoms with Crippen molar-refractivity contribution < 1.29 is 31.5 Å². The SMILES string of the molecule is Cn1nc(C(F)(F)F)cc1OC1C=NC=CN1NC(=O)c1ccc(F)cc1F. The van der Waals surface area contributed by atoms with Crippen LogP contribution in [0.15, 0.2) is 41.7 Å². The van der Waals surface area contributed by atoms with Gasteiger partial charge in [0.25, 0.3) is 5.91 Å². The fraction of sp³-hybridized carbons (Fsp3) is 0.188. The van der Waals surface area contributed by atoms with Crippen LogP contribution < -0.4 is 10.2 Å². The zero-order valence-electron chi connectivity index (χ0n) is 14.1. The number of nitrogens with zero attached hydrogens (tertiary/aromatic N) is 4. The maximum absolute atomic E-state index is 13.8. The average molecular weight is 401 g/mol. The number of halogens is 5. The summed E-state index contributed by atoms with van der Waals surface area (Å²) in [6.45, 7) is 0. The summed E-state index contributed by atoms with van der Waals surface area (Å²) in [5.74, 6) is -3.10. The highest BCUT2D eigenvalue weighted by atomic mass is 19.4. The third-order valence-electron chi connectivity index (χ3n) is 3.58. The van der Waals surface area contributed by atoms with Crippen molar-refractivity contribution in [2.24, 2.45) is 12.0 Å². The van der Waals surface area contributed by atoms with E-state index in [4.69, 9.17) is 4.74 Å². The van der Waals surface area contributed by atoms with Crippen molar-refractivity contribution in [2.75, 3.05) is 0 Å². The van der Waals surface area contributed by atoms with Gasteiger partial charge in [-0.15, -0.1) is 0 Å². The molecular weight excluding hydrogens is 389 g/mol. The van der Waals surface area contributed by atoms with E-state index in [2.05, 4.69) is 15.5 Å².